The number of hydrogen-bond acceptors (Lipinski definition) is 4. The van der Waals surface area contributed by atoms with E-state index in [-0.39, 0.29) is 17.2 Å². The van der Waals surface area contributed by atoms with E-state index in [2.05, 4.69) is 19.2 Å². The van der Waals surface area contributed by atoms with Crippen LogP contribution in [-0.4, -0.2) is 48.6 Å². The van der Waals surface area contributed by atoms with Crippen molar-refractivity contribution < 1.29 is 14.3 Å². The number of carbonyl (C=O) groups excluding carboxylic acids is 1. The van der Waals surface area contributed by atoms with Gasteiger partial charge in [-0.2, -0.15) is 0 Å². The summed E-state index contributed by atoms with van der Waals surface area (Å²) in [4.78, 5) is 13.5. The van der Waals surface area contributed by atoms with Gasteiger partial charge < -0.3 is 9.47 Å². The SMILES string of the molecule is CC1(C)CNC2(CN(C(=O)OC(C)(C)C)C2)OC1. The van der Waals surface area contributed by atoms with Crippen LogP contribution < -0.4 is 5.32 Å². The molecule has 2 aliphatic heterocycles. The van der Waals surface area contributed by atoms with Gasteiger partial charge in [0.1, 0.15) is 5.60 Å². The highest BCUT2D eigenvalue weighted by molar-refractivity contribution is 5.69. The molecule has 2 heterocycles. The summed E-state index contributed by atoms with van der Waals surface area (Å²) in [5, 5.41) is 3.40. The summed E-state index contributed by atoms with van der Waals surface area (Å²) in [6.45, 7) is 12.7. The minimum atomic E-state index is -0.442. The standard InChI is InChI=1S/C13H24N2O3/c1-11(2,3)18-10(16)15-7-13(8-15)14-6-12(4,5)9-17-13/h14H,6-9H2,1-5H3. The molecule has 0 aliphatic carbocycles. The fourth-order valence-corrected chi connectivity index (χ4v) is 2.06. The Morgan fingerprint density at radius 1 is 1.33 bits per heavy atom. The summed E-state index contributed by atoms with van der Waals surface area (Å²) in [6, 6.07) is 0. The van der Waals surface area contributed by atoms with Crippen molar-refractivity contribution in [2.75, 3.05) is 26.2 Å². The Kier molecular flexibility index (Phi) is 3.10. The second-order valence-electron chi connectivity index (χ2n) is 7.14. The number of nitrogens with one attached hydrogen (secondary N) is 1. The molecule has 1 spiro atoms. The first-order chi connectivity index (χ1) is 8.11. The Bertz CT molecular complexity index is 329. The lowest BCUT2D eigenvalue weighted by Gasteiger charge is -2.54. The first-order valence-electron chi connectivity index (χ1n) is 6.48. The van der Waals surface area contributed by atoms with Crippen LogP contribution in [0.2, 0.25) is 0 Å². The summed E-state index contributed by atoms with van der Waals surface area (Å²) >= 11 is 0. The number of likely N-dealkylation sites (tertiary alicyclic amines) is 1. The average Bonchev–Trinajstić information content (AvgIpc) is 2.12. The maximum Gasteiger partial charge on any atom is 0.410 e. The van der Waals surface area contributed by atoms with Gasteiger partial charge in [-0.25, -0.2) is 4.79 Å². The van der Waals surface area contributed by atoms with Crippen LogP contribution in [-0.2, 0) is 9.47 Å². The Labute approximate surface area is 109 Å². The summed E-state index contributed by atoms with van der Waals surface area (Å²) in [5.74, 6) is 0. The molecule has 0 aromatic rings. The monoisotopic (exact) mass is 256 g/mol. The molecule has 104 valence electrons. The molecule has 5 nitrogen and oxygen atoms in total. The number of nitrogens with zero attached hydrogens (tertiary/aromatic N) is 1. The Hall–Kier alpha value is -0.810. The molecular formula is C13H24N2O3. The molecule has 0 aromatic carbocycles. The lowest BCUT2D eigenvalue weighted by Crippen LogP contribution is -2.75. The van der Waals surface area contributed by atoms with E-state index in [0.717, 1.165) is 13.2 Å². The van der Waals surface area contributed by atoms with Crippen LogP contribution in [0.5, 0.6) is 0 Å². The van der Waals surface area contributed by atoms with Crippen LogP contribution in [0.15, 0.2) is 0 Å². The van der Waals surface area contributed by atoms with Gasteiger partial charge in [-0.3, -0.25) is 10.2 Å². The van der Waals surface area contributed by atoms with E-state index in [1.165, 1.54) is 0 Å². The van der Waals surface area contributed by atoms with Gasteiger partial charge in [0.15, 0.2) is 5.72 Å². The highest BCUT2D eigenvalue weighted by atomic mass is 16.6. The maximum atomic E-state index is 11.8. The first-order valence-corrected chi connectivity index (χ1v) is 6.48. The molecule has 1 amide bonds. The van der Waals surface area contributed by atoms with Crippen molar-refractivity contribution in [3.8, 4) is 0 Å². The Morgan fingerprint density at radius 3 is 2.39 bits per heavy atom. The molecule has 2 rings (SSSR count). The Balaban J connectivity index is 1.82. The third-order valence-electron chi connectivity index (χ3n) is 3.17. The van der Waals surface area contributed by atoms with E-state index >= 15 is 0 Å². The van der Waals surface area contributed by atoms with Gasteiger partial charge in [0.25, 0.3) is 0 Å². The fourth-order valence-electron chi connectivity index (χ4n) is 2.06. The van der Waals surface area contributed by atoms with Crippen molar-refractivity contribution in [2.45, 2.75) is 45.9 Å². The van der Waals surface area contributed by atoms with E-state index in [1.54, 1.807) is 4.90 Å². The highest BCUT2D eigenvalue weighted by Gasteiger charge is 2.50. The molecule has 0 radical (unpaired) electrons. The molecule has 2 aliphatic rings. The van der Waals surface area contributed by atoms with Gasteiger partial charge in [0, 0.05) is 12.0 Å². The lowest BCUT2D eigenvalue weighted by atomic mass is 9.90. The zero-order chi connectivity index (χ0) is 13.6. The summed E-state index contributed by atoms with van der Waals surface area (Å²) in [6.07, 6.45) is -0.261. The minimum absolute atomic E-state index is 0.164. The smallest absolute Gasteiger partial charge is 0.410 e. The van der Waals surface area contributed by atoms with Crippen molar-refractivity contribution in [1.82, 2.24) is 10.2 Å². The van der Waals surface area contributed by atoms with Gasteiger partial charge in [0.05, 0.1) is 19.7 Å². The van der Waals surface area contributed by atoms with E-state index in [9.17, 15) is 4.79 Å². The molecule has 18 heavy (non-hydrogen) atoms. The molecule has 0 atom stereocenters. The number of ether oxygens (including phenoxy) is 2. The third-order valence-corrected chi connectivity index (χ3v) is 3.17. The fraction of sp³-hybridized carbons (Fsp3) is 0.923. The molecule has 2 saturated heterocycles. The first kappa shape index (κ1) is 13.6. The molecule has 2 fully saturated rings. The number of rotatable bonds is 0. The highest BCUT2D eigenvalue weighted by Crippen LogP contribution is 2.31. The zero-order valence-corrected chi connectivity index (χ0v) is 12.0. The lowest BCUT2D eigenvalue weighted by molar-refractivity contribution is -0.200. The van der Waals surface area contributed by atoms with Crippen molar-refractivity contribution >= 4 is 6.09 Å². The van der Waals surface area contributed by atoms with Crippen LogP contribution in [0.1, 0.15) is 34.6 Å². The molecule has 0 unspecified atom stereocenters. The van der Waals surface area contributed by atoms with Crippen molar-refractivity contribution in [3.63, 3.8) is 0 Å². The van der Waals surface area contributed by atoms with Gasteiger partial charge in [0.2, 0.25) is 0 Å². The molecule has 5 heteroatoms. The summed E-state index contributed by atoms with van der Waals surface area (Å²) < 4.78 is 11.2. The summed E-state index contributed by atoms with van der Waals surface area (Å²) in [7, 11) is 0. The topological polar surface area (TPSA) is 50.8 Å². The normalized spacial score (nSPS) is 25.7. The maximum absolute atomic E-state index is 11.8. The average molecular weight is 256 g/mol. The molecule has 0 saturated carbocycles. The Morgan fingerprint density at radius 2 is 1.94 bits per heavy atom. The van der Waals surface area contributed by atoms with E-state index < -0.39 is 5.60 Å². The quantitative estimate of drug-likeness (QED) is 0.715. The molecule has 0 aromatic heterocycles. The second-order valence-corrected chi connectivity index (χ2v) is 7.14. The number of carbonyl (C=O) groups is 1. The predicted octanol–water partition coefficient (Wildman–Crippen LogP) is 1.58. The summed E-state index contributed by atoms with van der Waals surface area (Å²) in [5.41, 5.74) is -0.618. The van der Waals surface area contributed by atoms with Crippen LogP contribution >= 0.6 is 0 Å². The van der Waals surface area contributed by atoms with Crippen molar-refractivity contribution in [2.24, 2.45) is 5.41 Å². The van der Waals surface area contributed by atoms with Crippen LogP contribution in [0.25, 0.3) is 0 Å². The molecular weight excluding hydrogens is 232 g/mol. The number of amides is 1. The van der Waals surface area contributed by atoms with Crippen LogP contribution in [0.4, 0.5) is 4.79 Å². The van der Waals surface area contributed by atoms with Crippen molar-refractivity contribution in [3.05, 3.63) is 0 Å². The number of hydrogen-bond donors (Lipinski definition) is 1. The molecule has 0 bridgehead atoms. The van der Waals surface area contributed by atoms with Gasteiger partial charge in [-0.1, -0.05) is 13.8 Å². The predicted molar refractivity (Wildman–Crippen MR) is 68.3 cm³/mol. The zero-order valence-electron chi connectivity index (χ0n) is 12.0. The second kappa shape index (κ2) is 4.10. The molecule has 1 N–H and O–H groups in total. The largest absolute Gasteiger partial charge is 0.444 e. The van der Waals surface area contributed by atoms with Crippen LogP contribution in [0.3, 0.4) is 0 Å². The third kappa shape index (κ3) is 2.95. The van der Waals surface area contributed by atoms with E-state index in [0.29, 0.717) is 13.1 Å². The minimum Gasteiger partial charge on any atom is -0.444 e. The van der Waals surface area contributed by atoms with E-state index in [1.807, 2.05) is 20.8 Å². The van der Waals surface area contributed by atoms with Crippen LogP contribution in [0, 0.1) is 5.41 Å². The van der Waals surface area contributed by atoms with Gasteiger partial charge >= 0.3 is 6.09 Å². The van der Waals surface area contributed by atoms with Crippen molar-refractivity contribution in [1.29, 1.82) is 0 Å². The van der Waals surface area contributed by atoms with E-state index in [4.69, 9.17) is 9.47 Å². The van der Waals surface area contributed by atoms with Gasteiger partial charge in [-0.15, -0.1) is 0 Å². The van der Waals surface area contributed by atoms with Gasteiger partial charge in [-0.05, 0) is 20.8 Å².